The Morgan fingerprint density at radius 1 is 1.37 bits per heavy atom. The number of hydrogen-bond acceptors (Lipinski definition) is 3. The lowest BCUT2D eigenvalue weighted by atomic mass is 10.1. The Bertz CT molecular complexity index is 503. The lowest BCUT2D eigenvalue weighted by molar-refractivity contribution is -0.142. The maximum absolute atomic E-state index is 12.3. The first kappa shape index (κ1) is 12.1. The molecule has 1 amide bonds. The number of amides is 1. The SMILES string of the molecule is O=C(O)C1CC1C(=O)N1CCCC1c1cccnc1. The standard InChI is InChI=1S/C14H16N2O3/c17-13(10-7-11(10)14(18)19)16-6-2-4-12(16)9-3-1-5-15-8-9/h1,3,5,8,10-12H,2,4,6-7H2,(H,18,19). The fraction of sp³-hybridized carbons (Fsp3) is 0.500. The smallest absolute Gasteiger partial charge is 0.307 e. The Morgan fingerprint density at radius 2 is 2.21 bits per heavy atom. The van der Waals surface area contributed by atoms with Crippen molar-refractivity contribution in [1.82, 2.24) is 9.88 Å². The van der Waals surface area contributed by atoms with Crippen molar-refractivity contribution in [2.24, 2.45) is 11.8 Å². The number of hydrogen-bond donors (Lipinski definition) is 1. The molecule has 2 heterocycles. The Morgan fingerprint density at radius 3 is 2.84 bits per heavy atom. The van der Waals surface area contributed by atoms with Crippen LogP contribution in [0.25, 0.3) is 0 Å². The Labute approximate surface area is 111 Å². The Kier molecular flexibility index (Phi) is 2.97. The van der Waals surface area contributed by atoms with Gasteiger partial charge in [0.15, 0.2) is 0 Å². The van der Waals surface area contributed by atoms with Crippen molar-refractivity contribution in [3.05, 3.63) is 30.1 Å². The van der Waals surface area contributed by atoms with Crippen molar-refractivity contribution in [2.75, 3.05) is 6.54 Å². The van der Waals surface area contributed by atoms with Gasteiger partial charge in [-0.1, -0.05) is 6.07 Å². The summed E-state index contributed by atoms with van der Waals surface area (Å²) in [5.74, 6) is -1.63. The van der Waals surface area contributed by atoms with E-state index in [0.29, 0.717) is 6.42 Å². The van der Waals surface area contributed by atoms with Gasteiger partial charge in [-0.15, -0.1) is 0 Å². The molecule has 1 saturated heterocycles. The fourth-order valence-electron chi connectivity index (χ4n) is 2.90. The zero-order chi connectivity index (χ0) is 13.4. The number of rotatable bonds is 3. The summed E-state index contributed by atoms with van der Waals surface area (Å²) in [4.78, 5) is 29.1. The van der Waals surface area contributed by atoms with E-state index in [1.807, 2.05) is 17.0 Å². The lowest BCUT2D eigenvalue weighted by Crippen LogP contribution is -2.32. The van der Waals surface area contributed by atoms with Crippen molar-refractivity contribution >= 4 is 11.9 Å². The summed E-state index contributed by atoms with van der Waals surface area (Å²) in [5.41, 5.74) is 1.04. The molecule has 1 aromatic heterocycles. The summed E-state index contributed by atoms with van der Waals surface area (Å²) in [5, 5.41) is 8.92. The van der Waals surface area contributed by atoms with E-state index in [9.17, 15) is 9.59 Å². The monoisotopic (exact) mass is 260 g/mol. The summed E-state index contributed by atoms with van der Waals surface area (Å²) >= 11 is 0. The zero-order valence-electron chi connectivity index (χ0n) is 10.5. The second-order valence-corrected chi connectivity index (χ2v) is 5.26. The second kappa shape index (κ2) is 4.64. The average molecular weight is 260 g/mol. The molecule has 5 nitrogen and oxygen atoms in total. The summed E-state index contributed by atoms with van der Waals surface area (Å²) in [6.07, 6.45) is 5.89. The van der Waals surface area contributed by atoms with Crippen molar-refractivity contribution in [2.45, 2.75) is 25.3 Å². The first-order chi connectivity index (χ1) is 9.18. The van der Waals surface area contributed by atoms with E-state index in [1.54, 1.807) is 12.4 Å². The molecule has 2 fully saturated rings. The van der Waals surface area contributed by atoms with Crippen molar-refractivity contribution in [3.63, 3.8) is 0 Å². The summed E-state index contributed by atoms with van der Waals surface area (Å²) in [6, 6.07) is 3.91. The van der Waals surface area contributed by atoms with Crippen molar-refractivity contribution < 1.29 is 14.7 Å². The van der Waals surface area contributed by atoms with Gasteiger partial charge in [-0.3, -0.25) is 14.6 Å². The second-order valence-electron chi connectivity index (χ2n) is 5.26. The van der Waals surface area contributed by atoms with Gasteiger partial charge >= 0.3 is 5.97 Å². The van der Waals surface area contributed by atoms with Gasteiger partial charge in [0.1, 0.15) is 0 Å². The van der Waals surface area contributed by atoms with E-state index in [-0.39, 0.29) is 17.9 Å². The molecule has 100 valence electrons. The molecule has 1 saturated carbocycles. The highest BCUT2D eigenvalue weighted by atomic mass is 16.4. The third kappa shape index (κ3) is 2.20. The molecule has 3 atom stereocenters. The van der Waals surface area contributed by atoms with Gasteiger partial charge in [0.25, 0.3) is 0 Å². The van der Waals surface area contributed by atoms with E-state index in [1.165, 1.54) is 0 Å². The van der Waals surface area contributed by atoms with Crippen LogP contribution in [0, 0.1) is 11.8 Å². The Balaban J connectivity index is 1.74. The first-order valence-corrected chi connectivity index (χ1v) is 6.61. The van der Waals surface area contributed by atoms with Crippen LogP contribution in [0.2, 0.25) is 0 Å². The molecule has 5 heteroatoms. The molecule has 0 aromatic carbocycles. The van der Waals surface area contributed by atoms with Gasteiger partial charge in [-0.05, 0) is 30.9 Å². The van der Waals surface area contributed by atoms with Crippen molar-refractivity contribution in [1.29, 1.82) is 0 Å². The zero-order valence-corrected chi connectivity index (χ0v) is 10.5. The first-order valence-electron chi connectivity index (χ1n) is 6.61. The van der Waals surface area contributed by atoms with Crippen LogP contribution in [0.1, 0.15) is 30.9 Å². The number of carbonyl (C=O) groups excluding carboxylic acids is 1. The molecule has 1 aliphatic carbocycles. The predicted octanol–water partition coefficient (Wildman–Crippen LogP) is 1.47. The number of carboxylic acid groups (broad SMARTS) is 1. The van der Waals surface area contributed by atoms with Gasteiger partial charge in [0, 0.05) is 18.9 Å². The molecule has 19 heavy (non-hydrogen) atoms. The third-order valence-electron chi connectivity index (χ3n) is 4.03. The van der Waals surface area contributed by atoms with E-state index in [2.05, 4.69) is 4.98 Å². The molecule has 0 spiro atoms. The molecule has 1 aromatic rings. The minimum atomic E-state index is -0.851. The summed E-state index contributed by atoms with van der Waals surface area (Å²) in [6.45, 7) is 0.723. The highest BCUT2D eigenvalue weighted by Crippen LogP contribution is 2.43. The normalized spacial score (nSPS) is 29.3. The molecular weight excluding hydrogens is 244 g/mol. The Hall–Kier alpha value is -1.91. The van der Waals surface area contributed by atoms with Crippen LogP contribution in [0.15, 0.2) is 24.5 Å². The number of carboxylic acids is 1. The predicted molar refractivity (Wildman–Crippen MR) is 67.2 cm³/mol. The number of likely N-dealkylation sites (tertiary alicyclic amines) is 1. The lowest BCUT2D eigenvalue weighted by Gasteiger charge is -2.25. The van der Waals surface area contributed by atoms with Crippen LogP contribution in [-0.2, 0) is 9.59 Å². The van der Waals surface area contributed by atoms with E-state index >= 15 is 0 Å². The number of pyridine rings is 1. The molecule has 1 N–H and O–H groups in total. The van der Waals surface area contributed by atoms with Crippen LogP contribution in [-0.4, -0.2) is 33.4 Å². The molecule has 0 bridgehead atoms. The minimum absolute atomic E-state index is 0.00115. The van der Waals surface area contributed by atoms with Crippen LogP contribution < -0.4 is 0 Å². The highest BCUT2D eigenvalue weighted by Gasteiger charge is 2.51. The molecular formula is C14H16N2O3. The molecule has 3 rings (SSSR count). The van der Waals surface area contributed by atoms with E-state index in [4.69, 9.17) is 5.11 Å². The minimum Gasteiger partial charge on any atom is -0.481 e. The van der Waals surface area contributed by atoms with Gasteiger partial charge in [0.05, 0.1) is 17.9 Å². The van der Waals surface area contributed by atoms with Crippen LogP contribution >= 0.6 is 0 Å². The average Bonchev–Trinajstić information content (AvgIpc) is 3.08. The summed E-state index contributed by atoms with van der Waals surface area (Å²) in [7, 11) is 0. The molecule has 0 radical (unpaired) electrons. The van der Waals surface area contributed by atoms with E-state index in [0.717, 1.165) is 24.9 Å². The molecule has 2 aliphatic rings. The topological polar surface area (TPSA) is 70.5 Å². The van der Waals surface area contributed by atoms with Crippen LogP contribution in [0.5, 0.6) is 0 Å². The number of aliphatic carboxylic acids is 1. The number of aromatic nitrogens is 1. The van der Waals surface area contributed by atoms with E-state index < -0.39 is 11.9 Å². The maximum atomic E-state index is 12.3. The maximum Gasteiger partial charge on any atom is 0.307 e. The largest absolute Gasteiger partial charge is 0.481 e. The van der Waals surface area contributed by atoms with Crippen LogP contribution in [0.4, 0.5) is 0 Å². The van der Waals surface area contributed by atoms with Crippen molar-refractivity contribution in [3.8, 4) is 0 Å². The quantitative estimate of drug-likeness (QED) is 0.893. The number of nitrogens with zero attached hydrogens (tertiary/aromatic N) is 2. The summed E-state index contributed by atoms with van der Waals surface area (Å²) < 4.78 is 0. The van der Waals surface area contributed by atoms with Crippen LogP contribution in [0.3, 0.4) is 0 Å². The van der Waals surface area contributed by atoms with Gasteiger partial charge in [0.2, 0.25) is 5.91 Å². The van der Waals surface area contributed by atoms with Gasteiger partial charge in [-0.2, -0.15) is 0 Å². The highest BCUT2D eigenvalue weighted by molar-refractivity contribution is 5.89. The molecule has 1 aliphatic heterocycles. The third-order valence-corrected chi connectivity index (χ3v) is 4.03. The number of carbonyl (C=O) groups is 2. The molecule has 3 unspecified atom stereocenters. The van der Waals surface area contributed by atoms with Gasteiger partial charge < -0.3 is 10.0 Å². The van der Waals surface area contributed by atoms with Gasteiger partial charge in [-0.25, -0.2) is 0 Å². The fourth-order valence-corrected chi connectivity index (χ4v) is 2.90.